The first-order chi connectivity index (χ1) is 8.74. The molecule has 0 saturated heterocycles. The van der Waals surface area contributed by atoms with Crippen LogP contribution in [0.25, 0.3) is 0 Å². The lowest BCUT2D eigenvalue weighted by molar-refractivity contribution is 0.0824. The largest absolute Gasteiger partial charge is 0.482 e. The number of carbonyl (C=O) groups excluding carboxylic acids is 1. The molecule has 3 rings (SSSR count). The Morgan fingerprint density at radius 2 is 2.00 bits per heavy atom. The normalized spacial score (nSPS) is 17.1. The second-order valence-corrected chi connectivity index (χ2v) is 5.21. The van der Waals surface area contributed by atoms with Gasteiger partial charge in [-0.25, -0.2) is 0 Å². The predicted molar refractivity (Wildman–Crippen MR) is 73.0 cm³/mol. The molecule has 3 heteroatoms. The summed E-state index contributed by atoms with van der Waals surface area (Å²) in [6.45, 7) is 0. The summed E-state index contributed by atoms with van der Waals surface area (Å²) in [5.74, 6) is 0.860. The topological polar surface area (TPSA) is 26.3 Å². The minimum absolute atomic E-state index is 0.0347. The molecule has 2 aromatic rings. The van der Waals surface area contributed by atoms with Crippen molar-refractivity contribution in [3.8, 4) is 5.75 Å². The van der Waals surface area contributed by atoms with Crippen molar-refractivity contribution in [3.63, 3.8) is 0 Å². The first-order valence-electron chi connectivity index (χ1n) is 5.78. The molecule has 0 amide bonds. The van der Waals surface area contributed by atoms with E-state index in [9.17, 15) is 4.79 Å². The first kappa shape index (κ1) is 11.5. The van der Waals surface area contributed by atoms with Gasteiger partial charge in [-0.05, 0) is 23.8 Å². The van der Waals surface area contributed by atoms with Crippen LogP contribution in [-0.2, 0) is 6.42 Å². The molecule has 2 aromatic carbocycles. The average molecular weight is 303 g/mol. The van der Waals surface area contributed by atoms with Crippen LogP contribution in [0.5, 0.6) is 5.75 Å². The van der Waals surface area contributed by atoms with E-state index in [1.54, 1.807) is 0 Å². The van der Waals surface area contributed by atoms with E-state index >= 15 is 0 Å². The molecule has 0 N–H and O–H groups in total. The Kier molecular flexibility index (Phi) is 2.92. The van der Waals surface area contributed by atoms with E-state index in [1.165, 1.54) is 0 Å². The summed E-state index contributed by atoms with van der Waals surface area (Å²) in [5, 5.41) is 0. The predicted octanol–water partition coefficient (Wildman–Crippen LogP) is 3.64. The molecule has 0 fully saturated rings. The Bertz CT molecular complexity index is 582. The van der Waals surface area contributed by atoms with Gasteiger partial charge in [0.25, 0.3) is 0 Å². The smallest absolute Gasteiger partial charge is 0.203 e. The lowest BCUT2D eigenvalue weighted by atomic mass is 10.0. The van der Waals surface area contributed by atoms with Crippen LogP contribution in [-0.4, -0.2) is 11.9 Å². The Morgan fingerprint density at radius 1 is 1.17 bits per heavy atom. The third kappa shape index (κ3) is 2.06. The van der Waals surface area contributed by atoms with Crippen molar-refractivity contribution in [2.45, 2.75) is 12.5 Å². The third-order valence-electron chi connectivity index (χ3n) is 3.05. The number of benzene rings is 2. The zero-order valence-corrected chi connectivity index (χ0v) is 11.2. The van der Waals surface area contributed by atoms with E-state index in [0.29, 0.717) is 12.0 Å². The second kappa shape index (κ2) is 4.58. The third-order valence-corrected chi connectivity index (χ3v) is 3.54. The number of fused-ring (bicyclic) bond motifs is 1. The average Bonchev–Trinajstić information content (AvgIpc) is 2.81. The highest BCUT2D eigenvalue weighted by Gasteiger charge is 2.29. The summed E-state index contributed by atoms with van der Waals surface area (Å²) in [7, 11) is 0. The molecule has 1 atom stereocenters. The molecule has 0 aromatic heterocycles. The summed E-state index contributed by atoms with van der Waals surface area (Å²) in [6.07, 6.45) is 0.262. The van der Waals surface area contributed by atoms with E-state index in [1.807, 2.05) is 48.5 Å². The Morgan fingerprint density at radius 3 is 2.78 bits per heavy atom. The van der Waals surface area contributed by atoms with Gasteiger partial charge in [0, 0.05) is 16.5 Å². The van der Waals surface area contributed by atoms with E-state index in [-0.39, 0.29) is 5.78 Å². The summed E-state index contributed by atoms with van der Waals surface area (Å²) in [4.78, 5) is 12.3. The molecule has 0 saturated carbocycles. The van der Waals surface area contributed by atoms with Crippen molar-refractivity contribution >= 4 is 21.7 Å². The van der Waals surface area contributed by atoms with Crippen molar-refractivity contribution < 1.29 is 9.53 Å². The second-order valence-electron chi connectivity index (χ2n) is 4.29. The zero-order chi connectivity index (χ0) is 12.5. The van der Waals surface area contributed by atoms with Gasteiger partial charge in [0.2, 0.25) is 5.78 Å². The van der Waals surface area contributed by atoms with Gasteiger partial charge in [0.15, 0.2) is 6.10 Å². The fourth-order valence-corrected chi connectivity index (χ4v) is 2.56. The number of carbonyl (C=O) groups is 1. The quantitative estimate of drug-likeness (QED) is 0.792. The molecule has 18 heavy (non-hydrogen) atoms. The molecule has 0 radical (unpaired) electrons. The van der Waals surface area contributed by atoms with Crippen molar-refractivity contribution in [3.05, 3.63) is 64.1 Å². The number of ether oxygens (including phenoxy) is 1. The van der Waals surface area contributed by atoms with Gasteiger partial charge in [-0.2, -0.15) is 0 Å². The molecule has 2 nitrogen and oxygen atoms in total. The molecule has 0 bridgehead atoms. The van der Waals surface area contributed by atoms with Gasteiger partial charge in [-0.15, -0.1) is 0 Å². The molecule has 1 aliphatic rings. The number of rotatable bonds is 2. The number of para-hydroxylation sites is 1. The van der Waals surface area contributed by atoms with Crippen molar-refractivity contribution in [2.75, 3.05) is 0 Å². The standard InChI is InChI=1S/C15H11BrO2/c16-12-6-3-5-11(8-12)15(17)14-9-10-4-1-2-7-13(10)18-14/h1-8,14H,9H2/t14-/m1/s1. The Labute approximate surface area is 114 Å². The number of hydrogen-bond acceptors (Lipinski definition) is 2. The highest BCUT2D eigenvalue weighted by Crippen LogP contribution is 2.29. The van der Waals surface area contributed by atoms with E-state index in [0.717, 1.165) is 15.8 Å². The molecule has 90 valence electrons. The Hall–Kier alpha value is -1.61. The first-order valence-corrected chi connectivity index (χ1v) is 6.58. The maximum Gasteiger partial charge on any atom is 0.203 e. The minimum atomic E-state index is -0.392. The summed E-state index contributed by atoms with van der Waals surface area (Å²) >= 11 is 3.37. The van der Waals surface area contributed by atoms with Crippen LogP contribution in [0, 0.1) is 0 Å². The minimum Gasteiger partial charge on any atom is -0.482 e. The van der Waals surface area contributed by atoms with Crippen LogP contribution in [0.3, 0.4) is 0 Å². The van der Waals surface area contributed by atoms with Gasteiger partial charge >= 0.3 is 0 Å². The molecule has 0 aliphatic carbocycles. The maximum absolute atomic E-state index is 12.3. The fraction of sp³-hybridized carbons (Fsp3) is 0.133. The number of halogens is 1. The van der Waals surface area contributed by atoms with E-state index < -0.39 is 6.10 Å². The van der Waals surface area contributed by atoms with Crippen molar-refractivity contribution in [1.29, 1.82) is 0 Å². The SMILES string of the molecule is O=C(c1cccc(Br)c1)[C@H]1Cc2ccccc2O1. The number of hydrogen-bond donors (Lipinski definition) is 0. The van der Waals surface area contributed by atoms with Crippen LogP contribution in [0.2, 0.25) is 0 Å². The molecule has 0 unspecified atom stereocenters. The van der Waals surface area contributed by atoms with Crippen LogP contribution < -0.4 is 4.74 Å². The van der Waals surface area contributed by atoms with Gasteiger partial charge in [0.05, 0.1) is 0 Å². The number of Topliss-reactive ketones (excluding diaryl/α,β-unsaturated/α-hetero) is 1. The van der Waals surface area contributed by atoms with Crippen LogP contribution >= 0.6 is 15.9 Å². The van der Waals surface area contributed by atoms with Crippen molar-refractivity contribution in [2.24, 2.45) is 0 Å². The molecule has 1 aliphatic heterocycles. The van der Waals surface area contributed by atoms with E-state index in [4.69, 9.17) is 4.74 Å². The molecule has 0 spiro atoms. The summed E-state index contributed by atoms with van der Waals surface area (Å²) < 4.78 is 6.60. The fourth-order valence-electron chi connectivity index (χ4n) is 2.16. The number of ketones is 1. The maximum atomic E-state index is 12.3. The summed E-state index contributed by atoms with van der Waals surface area (Å²) in [6, 6.07) is 15.2. The summed E-state index contributed by atoms with van der Waals surface area (Å²) in [5.41, 5.74) is 1.79. The van der Waals surface area contributed by atoms with Crippen molar-refractivity contribution in [1.82, 2.24) is 0 Å². The monoisotopic (exact) mass is 302 g/mol. The molecular formula is C15H11BrO2. The van der Waals surface area contributed by atoms with Gasteiger partial charge < -0.3 is 4.74 Å². The lowest BCUT2D eigenvalue weighted by Gasteiger charge is -2.09. The van der Waals surface area contributed by atoms with Gasteiger partial charge in [-0.3, -0.25) is 4.79 Å². The van der Waals surface area contributed by atoms with Gasteiger partial charge in [0.1, 0.15) is 5.75 Å². The lowest BCUT2D eigenvalue weighted by Crippen LogP contribution is -2.25. The van der Waals surface area contributed by atoms with Crippen LogP contribution in [0.15, 0.2) is 53.0 Å². The molecule has 1 heterocycles. The Balaban J connectivity index is 1.84. The van der Waals surface area contributed by atoms with Crippen LogP contribution in [0.1, 0.15) is 15.9 Å². The van der Waals surface area contributed by atoms with Gasteiger partial charge in [-0.1, -0.05) is 46.3 Å². The highest BCUT2D eigenvalue weighted by molar-refractivity contribution is 9.10. The van der Waals surface area contributed by atoms with E-state index in [2.05, 4.69) is 15.9 Å². The van der Waals surface area contributed by atoms with Crippen LogP contribution in [0.4, 0.5) is 0 Å². The molecular weight excluding hydrogens is 292 g/mol. The zero-order valence-electron chi connectivity index (χ0n) is 9.60. The highest BCUT2D eigenvalue weighted by atomic mass is 79.9.